The minimum Gasteiger partial charge on any atom is -0.304 e. The number of aryl methyl sites for hydroxylation is 1. The maximum Gasteiger partial charge on any atom is 0.272 e. The van der Waals surface area contributed by atoms with Gasteiger partial charge in [-0.2, -0.15) is 0 Å². The lowest BCUT2D eigenvalue weighted by atomic mass is 10.1. The van der Waals surface area contributed by atoms with Crippen molar-refractivity contribution in [1.82, 2.24) is 5.32 Å². The number of amidine groups is 1. The molecule has 1 atom stereocenters. The number of aliphatic imine (C=N–C) groups is 1. The summed E-state index contributed by atoms with van der Waals surface area (Å²) in [7, 11) is 0. The van der Waals surface area contributed by atoms with Crippen molar-refractivity contribution in [3.8, 4) is 0 Å². The van der Waals surface area contributed by atoms with Gasteiger partial charge in [0.15, 0.2) is 5.17 Å². The number of rotatable bonds is 4. The van der Waals surface area contributed by atoms with Gasteiger partial charge in [-0.1, -0.05) is 48.2 Å². The molecule has 0 spiro atoms. The van der Waals surface area contributed by atoms with E-state index >= 15 is 0 Å². The lowest BCUT2D eigenvalue weighted by molar-refractivity contribution is -0.385. The van der Waals surface area contributed by atoms with Gasteiger partial charge >= 0.3 is 0 Å². The number of hydrogen-bond acceptors (Lipinski definition) is 5. The first-order valence-corrected chi connectivity index (χ1v) is 8.26. The minimum atomic E-state index is -0.422. The van der Waals surface area contributed by atoms with Gasteiger partial charge in [-0.3, -0.25) is 14.9 Å². The molecule has 0 bridgehead atoms. The van der Waals surface area contributed by atoms with Crippen LogP contribution in [0.5, 0.6) is 0 Å². The normalized spacial score (nSPS) is 18.6. The third kappa shape index (κ3) is 3.46. The summed E-state index contributed by atoms with van der Waals surface area (Å²) >= 11 is 1.30. The van der Waals surface area contributed by atoms with Crippen LogP contribution in [0.2, 0.25) is 0 Å². The van der Waals surface area contributed by atoms with Crippen LogP contribution >= 0.6 is 11.8 Å². The predicted molar refractivity (Wildman–Crippen MR) is 94.6 cm³/mol. The fourth-order valence-electron chi connectivity index (χ4n) is 2.45. The third-order valence-corrected chi connectivity index (χ3v) is 4.79. The quantitative estimate of drug-likeness (QED) is 0.682. The van der Waals surface area contributed by atoms with Crippen molar-refractivity contribution in [2.24, 2.45) is 4.99 Å². The van der Waals surface area contributed by atoms with E-state index in [0.717, 1.165) is 11.3 Å². The zero-order valence-corrected chi connectivity index (χ0v) is 13.7. The van der Waals surface area contributed by atoms with Gasteiger partial charge in [0.05, 0.1) is 15.9 Å². The van der Waals surface area contributed by atoms with Gasteiger partial charge in [-0.05, 0) is 18.6 Å². The summed E-state index contributed by atoms with van der Waals surface area (Å²) in [5.74, 6) is -0.175. The summed E-state index contributed by atoms with van der Waals surface area (Å²) in [5, 5.41) is 14.0. The average Bonchev–Trinajstić information content (AvgIpc) is 2.89. The van der Waals surface area contributed by atoms with E-state index < -0.39 is 10.2 Å². The Kier molecular flexibility index (Phi) is 4.61. The standard InChI is InChI=1S/C17H15N3O3S/c1-11-6-2-4-8-13(11)18-17-19-16(21)15(24-17)10-12-7-3-5-9-14(12)20(22)23/h2-9,15H,10H2,1H3,(H,18,19,21)/t15-/m0/s1. The number of para-hydroxylation sites is 2. The van der Waals surface area contributed by atoms with Gasteiger partial charge in [0, 0.05) is 18.1 Å². The van der Waals surface area contributed by atoms with Crippen molar-refractivity contribution in [2.45, 2.75) is 18.6 Å². The number of hydrogen-bond donors (Lipinski definition) is 1. The molecule has 0 unspecified atom stereocenters. The first-order chi connectivity index (χ1) is 11.5. The Hall–Kier alpha value is -2.67. The molecule has 0 saturated carbocycles. The third-order valence-electron chi connectivity index (χ3n) is 3.71. The predicted octanol–water partition coefficient (Wildman–Crippen LogP) is 3.37. The number of carbonyl (C=O) groups excluding carboxylic acids is 1. The molecule has 1 heterocycles. The summed E-state index contributed by atoms with van der Waals surface area (Å²) in [6.45, 7) is 1.95. The summed E-state index contributed by atoms with van der Waals surface area (Å²) in [4.78, 5) is 27.3. The highest BCUT2D eigenvalue weighted by Crippen LogP contribution is 2.29. The highest BCUT2D eigenvalue weighted by atomic mass is 32.2. The van der Waals surface area contributed by atoms with E-state index in [1.807, 2.05) is 31.2 Å². The van der Waals surface area contributed by atoms with Gasteiger partial charge in [-0.15, -0.1) is 0 Å². The lowest BCUT2D eigenvalue weighted by Gasteiger charge is -2.06. The molecular weight excluding hydrogens is 326 g/mol. The minimum absolute atomic E-state index is 0.0372. The van der Waals surface area contributed by atoms with Crippen LogP contribution in [0.4, 0.5) is 11.4 Å². The Labute approximate surface area is 143 Å². The number of thioether (sulfide) groups is 1. The van der Waals surface area contributed by atoms with Crippen LogP contribution in [0.15, 0.2) is 53.5 Å². The Morgan fingerprint density at radius 1 is 1.21 bits per heavy atom. The van der Waals surface area contributed by atoms with Crippen molar-refractivity contribution in [3.05, 3.63) is 69.8 Å². The smallest absolute Gasteiger partial charge is 0.272 e. The van der Waals surface area contributed by atoms with Crippen LogP contribution < -0.4 is 5.32 Å². The van der Waals surface area contributed by atoms with Crippen molar-refractivity contribution in [3.63, 3.8) is 0 Å². The summed E-state index contributed by atoms with van der Waals surface area (Å²) in [6.07, 6.45) is 0.292. The Balaban J connectivity index is 1.79. The maximum atomic E-state index is 12.2. The van der Waals surface area contributed by atoms with E-state index in [4.69, 9.17) is 0 Å². The van der Waals surface area contributed by atoms with Crippen LogP contribution in [0.3, 0.4) is 0 Å². The van der Waals surface area contributed by atoms with Crippen molar-refractivity contribution < 1.29 is 9.72 Å². The molecule has 2 aromatic carbocycles. The second-order valence-corrected chi connectivity index (χ2v) is 6.58. The molecule has 24 heavy (non-hydrogen) atoms. The molecule has 0 aromatic heterocycles. The van der Waals surface area contributed by atoms with Crippen LogP contribution in [0, 0.1) is 17.0 Å². The van der Waals surface area contributed by atoms with E-state index in [0.29, 0.717) is 17.2 Å². The number of carbonyl (C=O) groups is 1. The van der Waals surface area contributed by atoms with E-state index in [-0.39, 0.29) is 11.6 Å². The molecule has 1 amide bonds. The van der Waals surface area contributed by atoms with Crippen LogP contribution in [0.1, 0.15) is 11.1 Å². The van der Waals surface area contributed by atoms with Crippen LogP contribution in [0.25, 0.3) is 0 Å². The first kappa shape index (κ1) is 16.2. The molecule has 0 aliphatic carbocycles. The summed E-state index contributed by atoms with van der Waals surface area (Å²) in [5.41, 5.74) is 2.40. The van der Waals surface area contributed by atoms with Gasteiger partial charge in [0.25, 0.3) is 5.69 Å². The molecule has 1 aliphatic rings. The van der Waals surface area contributed by atoms with E-state index in [2.05, 4.69) is 10.3 Å². The van der Waals surface area contributed by atoms with E-state index in [1.165, 1.54) is 17.8 Å². The number of nitro benzene ring substituents is 1. The molecule has 1 aliphatic heterocycles. The topological polar surface area (TPSA) is 84.6 Å². The fraction of sp³-hybridized carbons (Fsp3) is 0.176. The molecule has 6 nitrogen and oxygen atoms in total. The second-order valence-electron chi connectivity index (χ2n) is 5.39. The second kappa shape index (κ2) is 6.84. The molecule has 0 radical (unpaired) electrons. The van der Waals surface area contributed by atoms with Gasteiger partial charge in [-0.25, -0.2) is 4.99 Å². The molecule has 1 fully saturated rings. The highest BCUT2D eigenvalue weighted by molar-refractivity contribution is 8.15. The molecule has 3 rings (SSSR count). The largest absolute Gasteiger partial charge is 0.304 e. The van der Waals surface area contributed by atoms with E-state index in [9.17, 15) is 14.9 Å². The van der Waals surface area contributed by atoms with Crippen LogP contribution in [-0.4, -0.2) is 21.2 Å². The molecular formula is C17H15N3O3S. The summed E-state index contributed by atoms with van der Waals surface area (Å²) < 4.78 is 0. The lowest BCUT2D eigenvalue weighted by Crippen LogP contribution is -2.26. The molecule has 7 heteroatoms. The number of nitro groups is 1. The average molecular weight is 341 g/mol. The Morgan fingerprint density at radius 2 is 1.92 bits per heavy atom. The fourth-order valence-corrected chi connectivity index (χ4v) is 3.46. The maximum absolute atomic E-state index is 12.2. The van der Waals surface area contributed by atoms with Crippen molar-refractivity contribution >= 4 is 34.2 Å². The first-order valence-electron chi connectivity index (χ1n) is 7.39. The van der Waals surface area contributed by atoms with Gasteiger partial charge < -0.3 is 5.32 Å². The van der Waals surface area contributed by atoms with Crippen molar-refractivity contribution in [1.29, 1.82) is 0 Å². The zero-order valence-electron chi connectivity index (χ0n) is 12.9. The number of amides is 1. The Morgan fingerprint density at radius 3 is 2.67 bits per heavy atom. The van der Waals surface area contributed by atoms with Crippen LogP contribution in [-0.2, 0) is 11.2 Å². The molecule has 1 saturated heterocycles. The molecule has 1 N–H and O–H groups in total. The van der Waals surface area contributed by atoms with E-state index in [1.54, 1.807) is 18.2 Å². The monoisotopic (exact) mass is 341 g/mol. The highest BCUT2D eigenvalue weighted by Gasteiger charge is 2.32. The van der Waals surface area contributed by atoms with Crippen molar-refractivity contribution in [2.75, 3.05) is 0 Å². The summed E-state index contributed by atoms with van der Waals surface area (Å²) in [6, 6.07) is 14.1. The molecule has 122 valence electrons. The zero-order chi connectivity index (χ0) is 17.1. The van der Waals surface area contributed by atoms with Gasteiger partial charge in [0.2, 0.25) is 5.91 Å². The number of nitrogens with one attached hydrogen (secondary N) is 1. The molecule has 2 aromatic rings. The number of benzene rings is 2. The number of nitrogens with zero attached hydrogens (tertiary/aromatic N) is 2. The SMILES string of the molecule is Cc1ccccc1N=C1NC(=O)[C@H](Cc2ccccc2[N+](=O)[O-])S1. The Bertz CT molecular complexity index is 835. The van der Waals surface area contributed by atoms with Gasteiger partial charge in [0.1, 0.15) is 0 Å².